The molecule has 5 heteroatoms. The lowest BCUT2D eigenvalue weighted by Gasteiger charge is -2.15. The van der Waals surface area contributed by atoms with Gasteiger partial charge in [0.2, 0.25) is 0 Å². The van der Waals surface area contributed by atoms with Crippen molar-refractivity contribution in [3.63, 3.8) is 0 Å². The molecule has 0 fully saturated rings. The van der Waals surface area contributed by atoms with E-state index in [2.05, 4.69) is 61.2 Å². The van der Waals surface area contributed by atoms with E-state index >= 15 is 0 Å². The number of rotatable bonds is 5. The Labute approximate surface area is 136 Å². The van der Waals surface area contributed by atoms with Gasteiger partial charge in [-0.3, -0.25) is 4.98 Å². The number of hydrogen-bond acceptors (Lipinski definition) is 3. The van der Waals surface area contributed by atoms with Crippen LogP contribution in [0.25, 0.3) is 0 Å². The molecule has 1 unspecified atom stereocenters. The number of benzene rings is 1. The van der Waals surface area contributed by atoms with E-state index in [-0.39, 0.29) is 6.04 Å². The summed E-state index contributed by atoms with van der Waals surface area (Å²) in [4.78, 5) is 4.35. The molecule has 0 spiro atoms. The molecule has 0 aliphatic rings. The number of ether oxygens (including phenoxy) is 1. The average Bonchev–Trinajstić information content (AvgIpc) is 2.46. The molecule has 0 aliphatic heterocycles. The fraction of sp³-hybridized carbons (Fsp3) is 0.267. The highest BCUT2D eigenvalue weighted by molar-refractivity contribution is 9.10. The zero-order chi connectivity index (χ0) is 14.5. The van der Waals surface area contributed by atoms with E-state index in [1.165, 1.54) is 5.56 Å². The third kappa shape index (κ3) is 4.04. The van der Waals surface area contributed by atoms with E-state index in [0.29, 0.717) is 0 Å². The fourth-order valence-corrected chi connectivity index (χ4v) is 2.63. The van der Waals surface area contributed by atoms with Crippen molar-refractivity contribution in [1.82, 2.24) is 10.3 Å². The van der Waals surface area contributed by atoms with Crippen molar-refractivity contribution in [2.75, 3.05) is 7.11 Å². The maximum Gasteiger partial charge on any atom is 0.133 e. The molecule has 0 saturated heterocycles. The molecule has 20 heavy (non-hydrogen) atoms. The molecule has 0 bridgehead atoms. The second-order valence-corrected chi connectivity index (χ2v) is 6.23. The van der Waals surface area contributed by atoms with Crippen molar-refractivity contribution < 1.29 is 4.74 Å². The maximum atomic E-state index is 5.24. The van der Waals surface area contributed by atoms with Crippen LogP contribution >= 0.6 is 31.9 Å². The minimum absolute atomic E-state index is 0.239. The SMILES string of the molecule is COc1ccc(C(C)NCc2ccc(Br)cn2)cc1Br. The maximum absolute atomic E-state index is 5.24. The normalized spacial score (nSPS) is 12.2. The molecule has 0 amide bonds. The van der Waals surface area contributed by atoms with Crippen molar-refractivity contribution in [2.45, 2.75) is 19.5 Å². The first-order valence-corrected chi connectivity index (χ1v) is 7.86. The number of hydrogen-bond donors (Lipinski definition) is 1. The Kier molecular flexibility index (Phi) is 5.57. The van der Waals surface area contributed by atoms with Crippen molar-refractivity contribution >= 4 is 31.9 Å². The van der Waals surface area contributed by atoms with Crippen LogP contribution in [0.15, 0.2) is 45.5 Å². The minimum Gasteiger partial charge on any atom is -0.496 e. The van der Waals surface area contributed by atoms with E-state index in [9.17, 15) is 0 Å². The summed E-state index contributed by atoms with van der Waals surface area (Å²) in [5, 5.41) is 3.46. The van der Waals surface area contributed by atoms with Crippen LogP contribution < -0.4 is 10.1 Å². The number of nitrogens with zero attached hydrogens (tertiary/aromatic N) is 1. The first kappa shape index (κ1) is 15.5. The zero-order valence-corrected chi connectivity index (χ0v) is 14.5. The Morgan fingerprint density at radius 3 is 2.65 bits per heavy atom. The van der Waals surface area contributed by atoms with Crippen LogP contribution in [0.2, 0.25) is 0 Å². The van der Waals surface area contributed by atoms with Gasteiger partial charge in [-0.25, -0.2) is 0 Å². The highest BCUT2D eigenvalue weighted by Crippen LogP contribution is 2.28. The van der Waals surface area contributed by atoms with E-state index in [4.69, 9.17) is 4.74 Å². The molecule has 106 valence electrons. The lowest BCUT2D eigenvalue weighted by Crippen LogP contribution is -2.18. The van der Waals surface area contributed by atoms with Gasteiger partial charge in [0, 0.05) is 23.3 Å². The van der Waals surface area contributed by atoms with Gasteiger partial charge >= 0.3 is 0 Å². The monoisotopic (exact) mass is 398 g/mol. The molecule has 1 atom stereocenters. The first-order chi connectivity index (χ1) is 9.60. The second-order valence-electron chi connectivity index (χ2n) is 4.46. The predicted molar refractivity (Wildman–Crippen MR) is 87.9 cm³/mol. The van der Waals surface area contributed by atoms with E-state index < -0.39 is 0 Å². The Balaban J connectivity index is 1.99. The lowest BCUT2D eigenvalue weighted by molar-refractivity contribution is 0.411. The lowest BCUT2D eigenvalue weighted by atomic mass is 10.1. The third-order valence-corrected chi connectivity index (χ3v) is 4.14. The smallest absolute Gasteiger partial charge is 0.133 e. The van der Waals surface area contributed by atoms with Crippen LogP contribution in [0.5, 0.6) is 5.75 Å². The third-order valence-electron chi connectivity index (χ3n) is 3.05. The van der Waals surface area contributed by atoms with E-state index in [0.717, 1.165) is 26.9 Å². The molecule has 1 N–H and O–H groups in total. The van der Waals surface area contributed by atoms with Gasteiger partial charge in [-0.1, -0.05) is 6.07 Å². The Morgan fingerprint density at radius 2 is 2.05 bits per heavy atom. The average molecular weight is 400 g/mol. The van der Waals surface area contributed by atoms with Crippen molar-refractivity contribution in [3.8, 4) is 5.75 Å². The standard InChI is InChI=1S/C15H16Br2N2O/c1-10(11-3-6-15(20-2)14(17)7-11)18-9-13-5-4-12(16)8-19-13/h3-8,10,18H,9H2,1-2H3. The van der Waals surface area contributed by atoms with Crippen molar-refractivity contribution in [3.05, 3.63) is 56.7 Å². The summed E-state index contributed by atoms with van der Waals surface area (Å²) in [6.45, 7) is 2.87. The molecular weight excluding hydrogens is 384 g/mol. The van der Waals surface area contributed by atoms with Crippen LogP contribution in [-0.4, -0.2) is 12.1 Å². The van der Waals surface area contributed by atoms with Gasteiger partial charge in [-0.15, -0.1) is 0 Å². The molecule has 0 radical (unpaired) electrons. The topological polar surface area (TPSA) is 34.1 Å². The molecule has 1 heterocycles. The Hall–Kier alpha value is -0.910. The molecule has 0 saturated carbocycles. The van der Waals surface area contributed by atoms with Crippen LogP contribution in [0.1, 0.15) is 24.2 Å². The molecule has 1 aromatic heterocycles. The summed E-state index contributed by atoms with van der Waals surface area (Å²) >= 11 is 6.89. The van der Waals surface area contributed by atoms with Gasteiger partial charge in [0.25, 0.3) is 0 Å². The quantitative estimate of drug-likeness (QED) is 0.805. The fourth-order valence-electron chi connectivity index (χ4n) is 1.84. The summed E-state index contributed by atoms with van der Waals surface area (Å²) in [6, 6.07) is 10.4. The molecule has 2 aromatic rings. The molecule has 2 rings (SSSR count). The highest BCUT2D eigenvalue weighted by Gasteiger charge is 2.08. The Morgan fingerprint density at radius 1 is 1.25 bits per heavy atom. The van der Waals surface area contributed by atoms with Gasteiger partial charge in [0.15, 0.2) is 0 Å². The van der Waals surface area contributed by atoms with Crippen molar-refractivity contribution in [2.24, 2.45) is 0 Å². The first-order valence-electron chi connectivity index (χ1n) is 6.27. The second kappa shape index (κ2) is 7.20. The van der Waals surface area contributed by atoms with Gasteiger partial charge < -0.3 is 10.1 Å². The van der Waals surface area contributed by atoms with Crippen LogP contribution in [0, 0.1) is 0 Å². The largest absolute Gasteiger partial charge is 0.496 e. The Bertz CT molecular complexity index is 573. The summed E-state index contributed by atoms with van der Waals surface area (Å²) in [6.07, 6.45) is 1.81. The summed E-state index contributed by atoms with van der Waals surface area (Å²) in [5.74, 6) is 0.843. The van der Waals surface area contributed by atoms with Crippen molar-refractivity contribution in [1.29, 1.82) is 0 Å². The molecular formula is C15H16Br2N2O. The number of aromatic nitrogens is 1. The van der Waals surface area contributed by atoms with Crippen LogP contribution in [0.4, 0.5) is 0 Å². The van der Waals surface area contributed by atoms with E-state index in [1.807, 2.05) is 24.4 Å². The summed E-state index contributed by atoms with van der Waals surface area (Å²) < 4.78 is 7.20. The van der Waals surface area contributed by atoms with Crippen LogP contribution in [0.3, 0.4) is 0 Å². The van der Waals surface area contributed by atoms with E-state index in [1.54, 1.807) is 7.11 Å². The van der Waals surface area contributed by atoms with Crippen LogP contribution in [-0.2, 0) is 6.54 Å². The van der Waals surface area contributed by atoms with Gasteiger partial charge in [0.1, 0.15) is 5.75 Å². The zero-order valence-electron chi connectivity index (χ0n) is 11.4. The van der Waals surface area contributed by atoms with Gasteiger partial charge in [0.05, 0.1) is 17.3 Å². The summed E-state index contributed by atoms with van der Waals surface area (Å²) in [5.41, 5.74) is 2.22. The number of pyridine rings is 1. The predicted octanol–water partition coefficient (Wildman–Crippen LogP) is 4.47. The van der Waals surface area contributed by atoms with Gasteiger partial charge in [-0.05, 0) is 68.6 Å². The molecule has 0 aliphatic carbocycles. The number of halogens is 2. The minimum atomic E-state index is 0.239. The molecule has 1 aromatic carbocycles. The molecule has 3 nitrogen and oxygen atoms in total. The summed E-state index contributed by atoms with van der Waals surface area (Å²) in [7, 11) is 1.67. The number of nitrogens with one attached hydrogen (secondary N) is 1. The number of methoxy groups -OCH3 is 1. The highest BCUT2D eigenvalue weighted by atomic mass is 79.9. The van der Waals surface area contributed by atoms with Gasteiger partial charge in [-0.2, -0.15) is 0 Å².